The maximum Gasteiger partial charge on any atom is 0.343 e. The number of amides is 1. The van der Waals surface area contributed by atoms with Gasteiger partial charge in [0.25, 0.3) is 0 Å². The van der Waals surface area contributed by atoms with Crippen molar-refractivity contribution < 1.29 is 28.6 Å². The van der Waals surface area contributed by atoms with E-state index in [4.69, 9.17) is 14.2 Å². The molecule has 0 unspecified atom stereocenters. The Morgan fingerprint density at radius 1 is 0.935 bits per heavy atom. The average molecular weight is 425 g/mol. The summed E-state index contributed by atoms with van der Waals surface area (Å²) >= 11 is 0. The first-order valence-corrected chi connectivity index (χ1v) is 10.1. The molecule has 0 spiro atoms. The molecular formula is C24H27NO6. The smallest absolute Gasteiger partial charge is 0.343 e. The van der Waals surface area contributed by atoms with Crippen LogP contribution in [0.4, 0.5) is 0 Å². The molecule has 164 valence electrons. The van der Waals surface area contributed by atoms with Crippen LogP contribution in [0, 0.1) is 0 Å². The SMILES string of the molecule is C=CC(=O)OCCCCOc1ccc(C(=O)Oc2ccc(CCNC(C)=O)cc2)cc1. The molecule has 0 saturated heterocycles. The summed E-state index contributed by atoms with van der Waals surface area (Å²) < 4.78 is 15.9. The van der Waals surface area contributed by atoms with Crippen LogP contribution in [-0.2, 0) is 20.7 Å². The number of hydrogen-bond acceptors (Lipinski definition) is 6. The van der Waals surface area contributed by atoms with Gasteiger partial charge in [0.2, 0.25) is 5.91 Å². The van der Waals surface area contributed by atoms with Crippen molar-refractivity contribution >= 4 is 17.8 Å². The number of esters is 2. The molecule has 0 aliphatic carbocycles. The van der Waals surface area contributed by atoms with Crippen molar-refractivity contribution in [2.75, 3.05) is 19.8 Å². The summed E-state index contributed by atoms with van der Waals surface area (Å²) in [6.45, 7) is 6.18. The molecule has 2 rings (SSSR count). The Bertz CT molecular complexity index is 874. The zero-order valence-corrected chi connectivity index (χ0v) is 17.6. The number of carbonyl (C=O) groups is 3. The second-order valence-corrected chi connectivity index (χ2v) is 6.72. The van der Waals surface area contributed by atoms with E-state index in [1.54, 1.807) is 36.4 Å². The number of nitrogens with one attached hydrogen (secondary N) is 1. The van der Waals surface area contributed by atoms with E-state index in [0.717, 1.165) is 18.1 Å². The Labute approximate surface area is 182 Å². The van der Waals surface area contributed by atoms with E-state index < -0.39 is 11.9 Å². The predicted octanol–water partition coefficient (Wildman–Crippen LogP) is 3.47. The van der Waals surface area contributed by atoms with E-state index in [0.29, 0.717) is 49.7 Å². The number of hydrogen-bond donors (Lipinski definition) is 1. The van der Waals surface area contributed by atoms with Gasteiger partial charge >= 0.3 is 11.9 Å². The molecule has 0 aromatic heterocycles. The van der Waals surface area contributed by atoms with Crippen LogP contribution in [0.3, 0.4) is 0 Å². The maximum absolute atomic E-state index is 12.3. The molecule has 0 aliphatic rings. The van der Waals surface area contributed by atoms with E-state index in [9.17, 15) is 14.4 Å². The quantitative estimate of drug-likeness (QED) is 0.242. The normalized spacial score (nSPS) is 10.1. The first-order chi connectivity index (χ1) is 15.0. The van der Waals surface area contributed by atoms with Crippen molar-refractivity contribution in [1.29, 1.82) is 0 Å². The molecule has 2 aromatic rings. The molecule has 7 nitrogen and oxygen atoms in total. The molecule has 7 heteroatoms. The fourth-order valence-corrected chi connectivity index (χ4v) is 2.59. The van der Waals surface area contributed by atoms with Crippen LogP contribution < -0.4 is 14.8 Å². The Kier molecular flexibility index (Phi) is 9.81. The third kappa shape index (κ3) is 9.16. The van der Waals surface area contributed by atoms with Crippen LogP contribution in [0.15, 0.2) is 61.2 Å². The topological polar surface area (TPSA) is 90.9 Å². The number of benzene rings is 2. The third-order valence-electron chi connectivity index (χ3n) is 4.23. The highest BCUT2D eigenvalue weighted by molar-refractivity contribution is 5.91. The molecule has 1 amide bonds. The molecule has 0 radical (unpaired) electrons. The number of carbonyl (C=O) groups excluding carboxylic acids is 3. The summed E-state index contributed by atoms with van der Waals surface area (Å²) in [5.74, 6) is 0.144. The minimum absolute atomic E-state index is 0.0616. The highest BCUT2D eigenvalue weighted by atomic mass is 16.5. The zero-order chi connectivity index (χ0) is 22.5. The van der Waals surface area contributed by atoms with E-state index in [-0.39, 0.29) is 5.91 Å². The molecule has 0 saturated carbocycles. The monoisotopic (exact) mass is 425 g/mol. The Balaban J connectivity index is 1.73. The zero-order valence-electron chi connectivity index (χ0n) is 17.6. The van der Waals surface area contributed by atoms with E-state index in [1.807, 2.05) is 12.1 Å². The van der Waals surface area contributed by atoms with Crippen LogP contribution in [-0.4, -0.2) is 37.6 Å². The van der Waals surface area contributed by atoms with Crippen LogP contribution in [0.5, 0.6) is 11.5 Å². The number of rotatable bonds is 12. The summed E-state index contributed by atoms with van der Waals surface area (Å²) in [6.07, 6.45) is 3.26. The summed E-state index contributed by atoms with van der Waals surface area (Å²) in [7, 11) is 0. The highest BCUT2D eigenvalue weighted by Crippen LogP contribution is 2.17. The minimum Gasteiger partial charge on any atom is -0.494 e. The van der Waals surface area contributed by atoms with Gasteiger partial charge in [0, 0.05) is 19.5 Å². The molecule has 31 heavy (non-hydrogen) atoms. The van der Waals surface area contributed by atoms with Gasteiger partial charge in [-0.1, -0.05) is 18.7 Å². The van der Waals surface area contributed by atoms with Gasteiger partial charge in [-0.15, -0.1) is 0 Å². The van der Waals surface area contributed by atoms with Gasteiger partial charge in [-0.05, 0) is 61.2 Å². The lowest BCUT2D eigenvalue weighted by Crippen LogP contribution is -2.22. The average Bonchev–Trinajstić information content (AvgIpc) is 2.77. The number of ether oxygens (including phenoxy) is 3. The van der Waals surface area contributed by atoms with E-state index in [1.165, 1.54) is 6.92 Å². The van der Waals surface area contributed by atoms with Crippen molar-refractivity contribution in [2.45, 2.75) is 26.2 Å². The van der Waals surface area contributed by atoms with Gasteiger partial charge in [-0.25, -0.2) is 9.59 Å². The largest absolute Gasteiger partial charge is 0.494 e. The van der Waals surface area contributed by atoms with Crippen molar-refractivity contribution in [2.24, 2.45) is 0 Å². The minimum atomic E-state index is -0.457. The second kappa shape index (κ2) is 12.8. The van der Waals surface area contributed by atoms with E-state index >= 15 is 0 Å². The third-order valence-corrected chi connectivity index (χ3v) is 4.23. The molecule has 0 bridgehead atoms. The predicted molar refractivity (Wildman–Crippen MR) is 116 cm³/mol. The van der Waals surface area contributed by atoms with Gasteiger partial charge in [-0.2, -0.15) is 0 Å². The van der Waals surface area contributed by atoms with Crippen molar-refractivity contribution in [3.8, 4) is 11.5 Å². The van der Waals surface area contributed by atoms with Crippen molar-refractivity contribution in [3.05, 3.63) is 72.3 Å². The fourth-order valence-electron chi connectivity index (χ4n) is 2.59. The maximum atomic E-state index is 12.3. The summed E-state index contributed by atoms with van der Waals surface area (Å²) in [5, 5.41) is 2.74. The Morgan fingerprint density at radius 2 is 1.58 bits per heavy atom. The van der Waals surface area contributed by atoms with Crippen LogP contribution >= 0.6 is 0 Å². The molecule has 1 N–H and O–H groups in total. The van der Waals surface area contributed by atoms with Crippen LogP contribution in [0.25, 0.3) is 0 Å². The molecule has 0 heterocycles. The lowest BCUT2D eigenvalue weighted by atomic mass is 10.1. The molecule has 0 atom stereocenters. The van der Waals surface area contributed by atoms with Gasteiger partial charge in [0.1, 0.15) is 11.5 Å². The second-order valence-electron chi connectivity index (χ2n) is 6.72. The van der Waals surface area contributed by atoms with Crippen LogP contribution in [0.1, 0.15) is 35.7 Å². The van der Waals surface area contributed by atoms with Gasteiger partial charge in [0.05, 0.1) is 18.8 Å². The fraction of sp³-hybridized carbons (Fsp3) is 0.292. The van der Waals surface area contributed by atoms with E-state index in [2.05, 4.69) is 11.9 Å². The first kappa shape index (κ1) is 23.7. The lowest BCUT2D eigenvalue weighted by molar-refractivity contribution is -0.137. The lowest BCUT2D eigenvalue weighted by Gasteiger charge is -2.08. The van der Waals surface area contributed by atoms with Crippen molar-refractivity contribution in [3.63, 3.8) is 0 Å². The molecular weight excluding hydrogens is 398 g/mol. The van der Waals surface area contributed by atoms with Gasteiger partial charge in [0.15, 0.2) is 0 Å². The van der Waals surface area contributed by atoms with Crippen LogP contribution in [0.2, 0.25) is 0 Å². The molecule has 2 aromatic carbocycles. The standard InChI is InChI=1S/C24H27NO6/c1-3-23(27)30-17-5-4-16-29-21-12-8-20(9-13-21)24(28)31-22-10-6-19(7-11-22)14-15-25-18(2)26/h3,6-13H,1,4-5,14-17H2,2H3,(H,25,26). The Morgan fingerprint density at radius 3 is 2.23 bits per heavy atom. The molecule has 0 fully saturated rings. The summed E-state index contributed by atoms with van der Waals surface area (Å²) in [6, 6.07) is 13.9. The van der Waals surface area contributed by atoms with Gasteiger partial charge < -0.3 is 19.5 Å². The van der Waals surface area contributed by atoms with Crippen molar-refractivity contribution in [1.82, 2.24) is 5.32 Å². The number of unbranched alkanes of at least 4 members (excludes halogenated alkanes) is 1. The summed E-state index contributed by atoms with van der Waals surface area (Å²) in [5.41, 5.74) is 1.45. The summed E-state index contributed by atoms with van der Waals surface area (Å²) in [4.78, 5) is 34.1. The van der Waals surface area contributed by atoms with Gasteiger partial charge in [-0.3, -0.25) is 4.79 Å². The Hall–Kier alpha value is -3.61. The first-order valence-electron chi connectivity index (χ1n) is 10.1. The highest BCUT2D eigenvalue weighted by Gasteiger charge is 2.09. The molecule has 0 aliphatic heterocycles.